The van der Waals surface area contributed by atoms with Gasteiger partial charge in [-0.2, -0.15) is 0 Å². The Morgan fingerprint density at radius 3 is 2.00 bits per heavy atom. The number of aryl methyl sites for hydroxylation is 3. The predicted molar refractivity (Wildman–Crippen MR) is 107 cm³/mol. The summed E-state index contributed by atoms with van der Waals surface area (Å²) in [6.07, 6.45) is 4.88. The first-order valence-corrected chi connectivity index (χ1v) is 11.0. The summed E-state index contributed by atoms with van der Waals surface area (Å²) >= 11 is 0. The van der Waals surface area contributed by atoms with E-state index in [4.69, 9.17) is 13.6 Å². The first-order valence-electron chi connectivity index (χ1n) is 8.73. The summed E-state index contributed by atoms with van der Waals surface area (Å²) in [7, 11) is -2.67. The number of ether oxygens (including phenoxy) is 1. The van der Waals surface area contributed by atoms with E-state index in [2.05, 4.69) is 0 Å². The monoisotopic (exact) mass is 394 g/mol. The highest BCUT2D eigenvalue weighted by Crippen LogP contribution is 2.30. The lowest BCUT2D eigenvalue weighted by molar-refractivity contribution is 0.198. The van der Waals surface area contributed by atoms with Gasteiger partial charge >= 0.3 is 5.63 Å². The van der Waals surface area contributed by atoms with Gasteiger partial charge in [-0.25, -0.2) is 13.2 Å². The number of fused-ring (bicyclic) bond motifs is 2. The second-order valence-corrected chi connectivity index (χ2v) is 9.15. The molecule has 1 aliphatic heterocycles. The van der Waals surface area contributed by atoms with Gasteiger partial charge in [0.25, 0.3) is 0 Å². The molecule has 1 fully saturated rings. The number of rotatable bonds is 0. The van der Waals surface area contributed by atoms with E-state index in [9.17, 15) is 13.2 Å². The van der Waals surface area contributed by atoms with Crippen LogP contribution in [0.25, 0.3) is 21.9 Å². The molecule has 0 N–H and O–H groups in total. The molecule has 0 aliphatic carbocycles. The third-order valence-corrected chi connectivity index (χ3v) is 3.90. The molecule has 2 aromatic heterocycles. The van der Waals surface area contributed by atoms with Crippen molar-refractivity contribution in [2.45, 2.75) is 33.6 Å². The van der Waals surface area contributed by atoms with E-state index in [0.717, 1.165) is 59.0 Å². The zero-order chi connectivity index (χ0) is 20.2. The van der Waals surface area contributed by atoms with Crippen molar-refractivity contribution in [3.8, 4) is 0 Å². The van der Waals surface area contributed by atoms with Gasteiger partial charge in [0.15, 0.2) is 0 Å². The van der Waals surface area contributed by atoms with E-state index < -0.39 is 9.84 Å². The van der Waals surface area contributed by atoms with Crippen molar-refractivity contribution in [3.63, 3.8) is 0 Å². The first-order chi connectivity index (χ1) is 12.6. The van der Waals surface area contributed by atoms with Crippen LogP contribution in [-0.4, -0.2) is 34.1 Å². The molecule has 148 valence electrons. The van der Waals surface area contributed by atoms with Crippen molar-refractivity contribution in [2.75, 3.05) is 25.7 Å². The molecule has 1 aromatic carbocycles. The summed E-state index contributed by atoms with van der Waals surface area (Å²) in [5.74, 6) is 0.860. The Balaban J connectivity index is 0.000000216. The second kappa shape index (κ2) is 8.71. The van der Waals surface area contributed by atoms with Gasteiger partial charge in [-0.15, -0.1) is 0 Å². The van der Waals surface area contributed by atoms with Gasteiger partial charge < -0.3 is 13.6 Å². The summed E-state index contributed by atoms with van der Waals surface area (Å²) in [4.78, 5) is 11.4. The molecule has 0 radical (unpaired) electrons. The maximum absolute atomic E-state index is 11.4. The molecule has 0 spiro atoms. The lowest BCUT2D eigenvalue weighted by atomic mass is 10.1. The van der Waals surface area contributed by atoms with Crippen molar-refractivity contribution < 1.29 is 22.0 Å². The standard InChI is InChI=1S/C14H12O3.C4H8O.C2H6O2S/c1-7-4-12(15)17-14-9(3)13-10(6-11(7)14)5-8(2)16-13;1-2-4-5-3-1;1-5(2,3)4/h4-6H,1-3H3;1-4H2;1-2H3. The zero-order valence-corrected chi connectivity index (χ0v) is 17.2. The van der Waals surface area contributed by atoms with E-state index in [1.807, 2.05) is 32.9 Å². The minimum Gasteiger partial charge on any atom is -0.461 e. The third-order valence-electron chi connectivity index (χ3n) is 3.90. The van der Waals surface area contributed by atoms with Gasteiger partial charge in [0.1, 0.15) is 26.8 Å². The lowest BCUT2D eigenvalue weighted by Crippen LogP contribution is -1.98. The van der Waals surface area contributed by atoms with Crippen LogP contribution in [0.4, 0.5) is 0 Å². The number of sulfone groups is 1. The summed E-state index contributed by atoms with van der Waals surface area (Å²) in [6, 6.07) is 5.51. The van der Waals surface area contributed by atoms with Gasteiger partial charge in [0.2, 0.25) is 0 Å². The van der Waals surface area contributed by atoms with Crippen molar-refractivity contribution in [3.05, 3.63) is 45.5 Å². The molecule has 6 nitrogen and oxygen atoms in total. The maximum Gasteiger partial charge on any atom is 0.336 e. The Morgan fingerprint density at radius 2 is 1.48 bits per heavy atom. The highest BCUT2D eigenvalue weighted by atomic mass is 32.2. The van der Waals surface area contributed by atoms with Crippen LogP contribution in [0.15, 0.2) is 31.8 Å². The van der Waals surface area contributed by atoms with Crippen LogP contribution in [0.2, 0.25) is 0 Å². The minimum atomic E-state index is -2.67. The third kappa shape index (κ3) is 6.22. The SMILES string of the molecule is C1CCOC1.CS(C)(=O)=O.Cc1cc2cc3c(C)cc(=O)oc3c(C)c2o1. The van der Waals surface area contributed by atoms with Crippen molar-refractivity contribution in [1.82, 2.24) is 0 Å². The average Bonchev–Trinajstić information content (AvgIpc) is 3.19. The minimum absolute atomic E-state index is 0.319. The quantitative estimate of drug-likeness (QED) is 0.537. The summed E-state index contributed by atoms with van der Waals surface area (Å²) in [6.45, 7) is 7.74. The summed E-state index contributed by atoms with van der Waals surface area (Å²) in [5, 5.41) is 2.01. The number of furan rings is 1. The van der Waals surface area contributed by atoms with E-state index >= 15 is 0 Å². The van der Waals surface area contributed by atoms with Crippen LogP contribution in [0, 0.1) is 20.8 Å². The first kappa shape index (κ1) is 21.2. The zero-order valence-electron chi connectivity index (χ0n) is 16.4. The molecule has 0 atom stereocenters. The number of hydrogen-bond acceptors (Lipinski definition) is 6. The van der Waals surface area contributed by atoms with Crippen LogP contribution in [-0.2, 0) is 14.6 Å². The smallest absolute Gasteiger partial charge is 0.336 e. The summed E-state index contributed by atoms with van der Waals surface area (Å²) in [5.41, 5.74) is 2.91. The second-order valence-electron chi connectivity index (χ2n) is 6.86. The van der Waals surface area contributed by atoms with Gasteiger partial charge in [0.05, 0.1) is 0 Å². The predicted octanol–water partition coefficient (Wildman–Crippen LogP) is 3.92. The fourth-order valence-electron chi connectivity index (χ4n) is 2.78. The van der Waals surface area contributed by atoms with Crippen molar-refractivity contribution in [1.29, 1.82) is 0 Å². The molecule has 0 saturated carbocycles. The van der Waals surface area contributed by atoms with Gasteiger partial charge in [-0.05, 0) is 51.3 Å². The van der Waals surface area contributed by atoms with Crippen molar-refractivity contribution in [2.24, 2.45) is 0 Å². The molecule has 7 heteroatoms. The largest absolute Gasteiger partial charge is 0.461 e. The normalized spacial score (nSPS) is 13.8. The highest BCUT2D eigenvalue weighted by molar-refractivity contribution is 7.89. The number of hydrogen-bond donors (Lipinski definition) is 0. The van der Waals surface area contributed by atoms with E-state index in [1.54, 1.807) is 0 Å². The molecule has 3 aromatic rings. The van der Waals surface area contributed by atoms with Gasteiger partial charge in [-0.1, -0.05) is 0 Å². The fourth-order valence-corrected chi connectivity index (χ4v) is 2.78. The molecular weight excluding hydrogens is 368 g/mol. The Bertz CT molecular complexity index is 1070. The molecule has 1 saturated heterocycles. The van der Waals surface area contributed by atoms with Crippen LogP contribution >= 0.6 is 0 Å². The fraction of sp³-hybridized carbons (Fsp3) is 0.450. The topological polar surface area (TPSA) is 86.7 Å². The molecule has 27 heavy (non-hydrogen) atoms. The van der Waals surface area contributed by atoms with E-state index in [0.29, 0.717) is 5.58 Å². The molecule has 4 rings (SSSR count). The van der Waals surface area contributed by atoms with Crippen LogP contribution < -0.4 is 5.63 Å². The van der Waals surface area contributed by atoms with E-state index in [-0.39, 0.29) is 5.63 Å². The molecule has 1 aliphatic rings. The molecule has 0 unspecified atom stereocenters. The molecular formula is C20H26O6S. The van der Waals surface area contributed by atoms with Crippen LogP contribution in [0.1, 0.15) is 29.7 Å². The average molecular weight is 394 g/mol. The van der Waals surface area contributed by atoms with Gasteiger partial charge in [-0.3, -0.25) is 0 Å². The van der Waals surface area contributed by atoms with Crippen molar-refractivity contribution >= 4 is 31.8 Å². The number of benzene rings is 1. The lowest BCUT2D eigenvalue weighted by Gasteiger charge is -2.03. The molecule has 0 bridgehead atoms. The van der Waals surface area contributed by atoms with Gasteiger partial charge in [0, 0.05) is 48.1 Å². The molecule has 3 heterocycles. The van der Waals surface area contributed by atoms with E-state index in [1.165, 1.54) is 18.9 Å². The Kier molecular flexibility index (Phi) is 6.84. The Hall–Kier alpha value is -2.12. The Morgan fingerprint density at radius 1 is 0.889 bits per heavy atom. The Labute approximate surface area is 159 Å². The maximum atomic E-state index is 11.4. The van der Waals surface area contributed by atoms with Crippen LogP contribution in [0.3, 0.4) is 0 Å². The summed E-state index contributed by atoms with van der Waals surface area (Å²) < 4.78 is 35.1. The highest BCUT2D eigenvalue weighted by Gasteiger charge is 2.12. The molecule has 0 amide bonds. The van der Waals surface area contributed by atoms with Crippen LogP contribution in [0.5, 0.6) is 0 Å².